The van der Waals surface area contributed by atoms with Crippen LogP contribution in [0.5, 0.6) is 0 Å². The van der Waals surface area contributed by atoms with Gasteiger partial charge in [0.15, 0.2) is 0 Å². The van der Waals surface area contributed by atoms with Gasteiger partial charge < -0.3 is 10.2 Å². The van der Waals surface area contributed by atoms with Crippen molar-refractivity contribution in [2.24, 2.45) is 5.10 Å². The van der Waals surface area contributed by atoms with Gasteiger partial charge in [-0.25, -0.2) is 5.43 Å². The van der Waals surface area contributed by atoms with Crippen LogP contribution in [0.4, 0.5) is 11.4 Å². The lowest BCUT2D eigenvalue weighted by molar-refractivity contribution is -0.119. The summed E-state index contributed by atoms with van der Waals surface area (Å²) >= 11 is 0. The van der Waals surface area contributed by atoms with E-state index in [1.807, 2.05) is 48.5 Å². The Hall–Kier alpha value is -3.60. The van der Waals surface area contributed by atoms with Crippen molar-refractivity contribution >= 4 is 23.5 Å². The molecule has 3 rings (SSSR count). The van der Waals surface area contributed by atoms with Crippen LogP contribution in [0, 0.1) is 0 Å². The van der Waals surface area contributed by atoms with Gasteiger partial charge in [-0.2, -0.15) is 5.10 Å². The summed E-state index contributed by atoms with van der Waals surface area (Å²) in [6.45, 7) is 4.12. The van der Waals surface area contributed by atoms with Crippen LogP contribution in [0.3, 0.4) is 0 Å². The average molecular weight is 386 g/mol. The Bertz CT molecular complexity index is 909. The van der Waals surface area contributed by atoms with Gasteiger partial charge in [0.1, 0.15) is 0 Å². The highest BCUT2D eigenvalue weighted by atomic mass is 16.2. The molecule has 1 amide bonds. The molecule has 0 fully saturated rings. The van der Waals surface area contributed by atoms with Crippen molar-refractivity contribution in [1.29, 1.82) is 0 Å². The van der Waals surface area contributed by atoms with Gasteiger partial charge in [-0.3, -0.25) is 4.79 Å². The maximum atomic E-state index is 11.9. The number of hydrazone groups is 1. The molecule has 2 N–H and O–H groups in total. The second-order valence-electron chi connectivity index (χ2n) is 6.60. The SMILES string of the molecule is CCN(Cc1ccccc1)c1ccc(/C=N\NC(=O)CNc2ccccc2)cc1. The lowest BCUT2D eigenvalue weighted by Crippen LogP contribution is -2.25. The highest BCUT2D eigenvalue weighted by molar-refractivity contribution is 5.84. The van der Waals surface area contributed by atoms with Crippen LogP contribution < -0.4 is 15.6 Å². The van der Waals surface area contributed by atoms with Crippen molar-refractivity contribution in [2.45, 2.75) is 13.5 Å². The first-order chi connectivity index (χ1) is 14.2. The van der Waals surface area contributed by atoms with Gasteiger partial charge in [0, 0.05) is 24.5 Å². The Kier molecular flexibility index (Phi) is 7.41. The van der Waals surface area contributed by atoms with Gasteiger partial charge in [0.25, 0.3) is 5.91 Å². The first-order valence-corrected chi connectivity index (χ1v) is 9.74. The monoisotopic (exact) mass is 386 g/mol. The number of nitrogens with zero attached hydrogens (tertiary/aromatic N) is 2. The molecule has 5 heteroatoms. The zero-order valence-electron chi connectivity index (χ0n) is 16.6. The van der Waals surface area contributed by atoms with E-state index >= 15 is 0 Å². The van der Waals surface area contributed by atoms with Crippen LogP contribution in [0.2, 0.25) is 0 Å². The Morgan fingerprint density at radius 3 is 2.24 bits per heavy atom. The van der Waals surface area contributed by atoms with Gasteiger partial charge in [-0.1, -0.05) is 60.7 Å². The Labute approximate surface area is 172 Å². The molecule has 0 aromatic heterocycles. The fourth-order valence-corrected chi connectivity index (χ4v) is 2.92. The smallest absolute Gasteiger partial charge is 0.259 e. The number of anilines is 2. The molecule has 3 aromatic rings. The highest BCUT2D eigenvalue weighted by Crippen LogP contribution is 2.17. The summed E-state index contributed by atoms with van der Waals surface area (Å²) in [7, 11) is 0. The lowest BCUT2D eigenvalue weighted by atomic mass is 10.1. The van der Waals surface area contributed by atoms with Gasteiger partial charge in [-0.05, 0) is 42.3 Å². The quantitative estimate of drug-likeness (QED) is 0.426. The average Bonchev–Trinajstić information content (AvgIpc) is 2.78. The maximum Gasteiger partial charge on any atom is 0.259 e. The lowest BCUT2D eigenvalue weighted by Gasteiger charge is -2.23. The molecule has 0 aliphatic rings. The molecule has 0 heterocycles. The number of benzene rings is 3. The fourth-order valence-electron chi connectivity index (χ4n) is 2.92. The number of nitrogens with one attached hydrogen (secondary N) is 2. The summed E-state index contributed by atoms with van der Waals surface area (Å²) in [5.74, 6) is -0.193. The van der Waals surface area contributed by atoms with Crippen LogP contribution in [0.1, 0.15) is 18.1 Å². The summed E-state index contributed by atoms with van der Waals surface area (Å²) in [6.07, 6.45) is 1.65. The normalized spacial score (nSPS) is 10.7. The Morgan fingerprint density at radius 1 is 0.931 bits per heavy atom. The molecule has 0 radical (unpaired) electrons. The topological polar surface area (TPSA) is 56.7 Å². The van der Waals surface area contributed by atoms with Crippen molar-refractivity contribution in [3.8, 4) is 0 Å². The maximum absolute atomic E-state index is 11.9. The van der Waals surface area contributed by atoms with Gasteiger partial charge in [-0.15, -0.1) is 0 Å². The molecule has 0 aliphatic carbocycles. The van der Waals surface area contributed by atoms with Crippen molar-refractivity contribution in [1.82, 2.24) is 5.43 Å². The molecule has 0 atom stereocenters. The summed E-state index contributed by atoms with van der Waals surface area (Å²) in [6, 6.07) is 28.2. The standard InChI is InChI=1S/C24H26N4O/c1-2-28(19-21-9-5-3-6-10-21)23-15-13-20(14-16-23)17-26-27-24(29)18-25-22-11-7-4-8-12-22/h3-17,25H,2,18-19H2,1H3,(H,27,29)/b26-17-. The number of para-hydroxylation sites is 1. The van der Waals surface area contributed by atoms with Gasteiger partial charge in [0.05, 0.1) is 12.8 Å². The minimum Gasteiger partial charge on any atom is -0.376 e. The number of carbonyl (C=O) groups excluding carboxylic acids is 1. The third kappa shape index (κ3) is 6.50. The Morgan fingerprint density at radius 2 is 1.59 bits per heavy atom. The van der Waals surface area contributed by atoms with E-state index in [4.69, 9.17) is 0 Å². The number of carbonyl (C=O) groups is 1. The van der Waals surface area contributed by atoms with E-state index in [1.54, 1.807) is 6.21 Å². The minimum absolute atomic E-state index is 0.172. The first kappa shape index (κ1) is 20.1. The summed E-state index contributed by atoms with van der Waals surface area (Å²) in [4.78, 5) is 14.2. The zero-order valence-corrected chi connectivity index (χ0v) is 16.6. The van der Waals surface area contributed by atoms with Crippen molar-refractivity contribution in [2.75, 3.05) is 23.3 Å². The van der Waals surface area contributed by atoms with E-state index in [2.05, 4.69) is 64.1 Å². The van der Waals surface area contributed by atoms with Crippen LogP contribution in [0.15, 0.2) is 90.0 Å². The molecule has 0 bridgehead atoms. The summed E-state index contributed by atoms with van der Waals surface area (Å²) < 4.78 is 0. The van der Waals surface area contributed by atoms with Crippen molar-refractivity contribution in [3.63, 3.8) is 0 Å². The van der Waals surface area contributed by atoms with E-state index in [0.29, 0.717) is 0 Å². The molecule has 0 spiro atoms. The molecule has 5 nitrogen and oxygen atoms in total. The van der Waals surface area contributed by atoms with E-state index in [1.165, 1.54) is 5.56 Å². The van der Waals surface area contributed by atoms with E-state index in [9.17, 15) is 4.79 Å². The second-order valence-corrected chi connectivity index (χ2v) is 6.60. The molecular formula is C24H26N4O. The summed E-state index contributed by atoms with van der Waals surface area (Å²) in [5, 5.41) is 7.09. The van der Waals surface area contributed by atoms with Gasteiger partial charge >= 0.3 is 0 Å². The predicted molar refractivity (Wildman–Crippen MR) is 120 cm³/mol. The molecule has 29 heavy (non-hydrogen) atoms. The number of rotatable bonds is 9. The van der Waals surface area contributed by atoms with Crippen LogP contribution in [0.25, 0.3) is 0 Å². The molecule has 0 aliphatic heterocycles. The molecule has 0 saturated heterocycles. The largest absolute Gasteiger partial charge is 0.376 e. The van der Waals surface area contributed by atoms with Gasteiger partial charge in [0.2, 0.25) is 0 Å². The van der Waals surface area contributed by atoms with Crippen LogP contribution in [-0.4, -0.2) is 25.2 Å². The number of amides is 1. The third-order valence-electron chi connectivity index (χ3n) is 4.49. The number of hydrogen-bond acceptors (Lipinski definition) is 4. The predicted octanol–water partition coefficient (Wildman–Crippen LogP) is 4.28. The minimum atomic E-state index is -0.193. The van der Waals surface area contributed by atoms with E-state index < -0.39 is 0 Å². The van der Waals surface area contributed by atoms with E-state index in [-0.39, 0.29) is 12.5 Å². The molecule has 0 saturated carbocycles. The molecule has 3 aromatic carbocycles. The van der Waals surface area contributed by atoms with Crippen LogP contribution >= 0.6 is 0 Å². The zero-order chi connectivity index (χ0) is 20.3. The second kappa shape index (κ2) is 10.7. The fraction of sp³-hybridized carbons (Fsp3) is 0.167. The van der Waals surface area contributed by atoms with Crippen molar-refractivity contribution in [3.05, 3.63) is 96.1 Å². The number of hydrogen-bond donors (Lipinski definition) is 2. The van der Waals surface area contributed by atoms with Crippen molar-refractivity contribution < 1.29 is 4.79 Å². The summed E-state index contributed by atoms with van der Waals surface area (Å²) in [5.41, 5.74) is 6.81. The molecule has 148 valence electrons. The third-order valence-corrected chi connectivity index (χ3v) is 4.49. The van der Waals surface area contributed by atoms with Crippen LogP contribution in [-0.2, 0) is 11.3 Å². The highest BCUT2D eigenvalue weighted by Gasteiger charge is 2.05. The Balaban J connectivity index is 1.49. The first-order valence-electron chi connectivity index (χ1n) is 9.74. The molecule has 0 unspecified atom stereocenters. The molecular weight excluding hydrogens is 360 g/mol. The van der Waals surface area contributed by atoms with E-state index in [0.717, 1.165) is 30.0 Å².